The van der Waals surface area contributed by atoms with Gasteiger partial charge in [0.15, 0.2) is 6.61 Å². The number of carbonyl (C=O) groups excluding carboxylic acids is 2. The van der Waals surface area contributed by atoms with E-state index in [0.29, 0.717) is 16.9 Å². The number of benzene rings is 2. The number of hydrogen-bond acceptors (Lipinski definition) is 6. The molecule has 0 atom stereocenters. The molecule has 0 aliphatic heterocycles. The zero-order valence-corrected chi connectivity index (χ0v) is 16.5. The standard InChI is InChI=1S/C21H18N4O3S/c1-15-17(13-23-25(15)16-7-3-2-4-8-16)21(27)28-14-20(26)24-18-9-5-6-10-19(18)29-12-11-22/h2-10,13H,12,14H2,1H3,(H,24,26). The van der Waals surface area contributed by atoms with E-state index < -0.39 is 18.5 Å². The summed E-state index contributed by atoms with van der Waals surface area (Å²) in [5.41, 5.74) is 2.32. The number of para-hydroxylation sites is 2. The van der Waals surface area contributed by atoms with Crippen molar-refractivity contribution in [3.05, 3.63) is 72.1 Å². The number of ether oxygens (including phenoxy) is 1. The molecule has 1 heterocycles. The number of hydrogen-bond donors (Lipinski definition) is 1. The number of rotatable bonds is 7. The Hall–Kier alpha value is -3.57. The van der Waals surface area contributed by atoms with Gasteiger partial charge in [0.1, 0.15) is 5.56 Å². The van der Waals surface area contributed by atoms with Gasteiger partial charge in [-0.25, -0.2) is 9.48 Å². The number of nitrogens with one attached hydrogen (secondary N) is 1. The van der Waals surface area contributed by atoms with Crippen molar-refractivity contribution < 1.29 is 14.3 Å². The molecule has 3 rings (SSSR count). The van der Waals surface area contributed by atoms with Crippen molar-refractivity contribution in [2.45, 2.75) is 11.8 Å². The third-order valence-electron chi connectivity index (χ3n) is 4.02. The highest BCUT2D eigenvalue weighted by molar-refractivity contribution is 7.99. The summed E-state index contributed by atoms with van der Waals surface area (Å²) in [6.45, 7) is 1.34. The minimum absolute atomic E-state index is 0.270. The first kappa shape index (κ1) is 20.2. The number of nitriles is 1. The van der Waals surface area contributed by atoms with Crippen molar-refractivity contribution in [3.8, 4) is 11.8 Å². The molecular weight excluding hydrogens is 388 g/mol. The summed E-state index contributed by atoms with van der Waals surface area (Å²) >= 11 is 1.32. The van der Waals surface area contributed by atoms with Crippen molar-refractivity contribution in [2.75, 3.05) is 17.7 Å². The smallest absolute Gasteiger partial charge is 0.342 e. The van der Waals surface area contributed by atoms with E-state index in [4.69, 9.17) is 10.00 Å². The van der Waals surface area contributed by atoms with E-state index in [9.17, 15) is 9.59 Å². The maximum Gasteiger partial charge on any atom is 0.342 e. The number of anilines is 1. The Labute approximate surface area is 172 Å². The molecule has 2 aromatic carbocycles. The molecule has 0 radical (unpaired) electrons. The van der Waals surface area contributed by atoms with Gasteiger partial charge in [0, 0.05) is 4.90 Å². The van der Waals surface area contributed by atoms with Crippen molar-refractivity contribution in [2.24, 2.45) is 0 Å². The van der Waals surface area contributed by atoms with Crippen LogP contribution in [0.3, 0.4) is 0 Å². The first-order valence-corrected chi connectivity index (χ1v) is 9.74. The van der Waals surface area contributed by atoms with Crippen molar-refractivity contribution >= 4 is 29.3 Å². The normalized spacial score (nSPS) is 10.2. The fourth-order valence-electron chi connectivity index (χ4n) is 2.64. The summed E-state index contributed by atoms with van der Waals surface area (Å²) < 4.78 is 6.79. The minimum Gasteiger partial charge on any atom is -0.452 e. The molecule has 8 heteroatoms. The molecule has 1 amide bonds. The molecule has 0 saturated carbocycles. The molecule has 0 fully saturated rings. The molecule has 0 bridgehead atoms. The Morgan fingerprint density at radius 2 is 1.90 bits per heavy atom. The number of esters is 1. The van der Waals surface area contributed by atoms with Gasteiger partial charge < -0.3 is 10.1 Å². The molecule has 0 aliphatic rings. The van der Waals surface area contributed by atoms with Gasteiger partial charge in [0.25, 0.3) is 5.91 Å². The van der Waals surface area contributed by atoms with E-state index in [1.54, 1.807) is 23.7 Å². The SMILES string of the molecule is Cc1c(C(=O)OCC(=O)Nc2ccccc2SCC#N)cnn1-c1ccccc1. The van der Waals surface area contributed by atoms with E-state index in [1.165, 1.54) is 18.0 Å². The van der Waals surface area contributed by atoms with E-state index in [2.05, 4.69) is 10.4 Å². The molecule has 1 aromatic heterocycles. The van der Waals surface area contributed by atoms with Crippen LogP contribution in [-0.2, 0) is 9.53 Å². The van der Waals surface area contributed by atoms with E-state index >= 15 is 0 Å². The van der Waals surface area contributed by atoms with Gasteiger partial charge in [0.05, 0.1) is 35.1 Å². The Morgan fingerprint density at radius 3 is 2.66 bits per heavy atom. The molecule has 1 N–H and O–H groups in total. The van der Waals surface area contributed by atoms with Crippen LogP contribution < -0.4 is 5.32 Å². The summed E-state index contributed by atoms with van der Waals surface area (Å²) in [6, 6.07) is 18.6. The maximum absolute atomic E-state index is 12.4. The van der Waals surface area contributed by atoms with Crippen LogP contribution in [0.2, 0.25) is 0 Å². The summed E-state index contributed by atoms with van der Waals surface area (Å²) in [6.07, 6.45) is 1.43. The molecule has 29 heavy (non-hydrogen) atoms. The average Bonchev–Trinajstić information content (AvgIpc) is 3.13. The molecule has 7 nitrogen and oxygen atoms in total. The first-order valence-electron chi connectivity index (χ1n) is 8.76. The minimum atomic E-state index is -0.619. The third-order valence-corrected chi connectivity index (χ3v) is 4.96. The third kappa shape index (κ3) is 5.03. The molecule has 146 valence electrons. The van der Waals surface area contributed by atoms with E-state index in [0.717, 1.165) is 10.6 Å². The molecule has 0 unspecified atom stereocenters. The van der Waals surface area contributed by atoms with Crippen LogP contribution in [0.25, 0.3) is 5.69 Å². The molecular formula is C21H18N4O3S. The molecule has 3 aromatic rings. The summed E-state index contributed by atoms with van der Waals surface area (Å²) in [5.74, 6) is -0.810. The van der Waals surface area contributed by atoms with Gasteiger partial charge in [-0.3, -0.25) is 4.79 Å². The van der Waals surface area contributed by atoms with Crippen LogP contribution in [0.15, 0.2) is 65.7 Å². The molecule has 0 aliphatic carbocycles. The Bertz CT molecular complexity index is 1060. The van der Waals surface area contributed by atoms with Crippen LogP contribution in [-0.4, -0.2) is 34.0 Å². The second-order valence-electron chi connectivity index (χ2n) is 5.96. The maximum atomic E-state index is 12.4. The van der Waals surface area contributed by atoms with Gasteiger partial charge in [0.2, 0.25) is 0 Å². The van der Waals surface area contributed by atoms with Crippen LogP contribution >= 0.6 is 11.8 Å². The second-order valence-corrected chi connectivity index (χ2v) is 6.98. The lowest BCUT2D eigenvalue weighted by Gasteiger charge is -2.10. The van der Waals surface area contributed by atoms with E-state index in [1.807, 2.05) is 48.5 Å². The van der Waals surface area contributed by atoms with Crippen molar-refractivity contribution in [3.63, 3.8) is 0 Å². The van der Waals surface area contributed by atoms with Crippen LogP contribution in [0.5, 0.6) is 0 Å². The second kappa shape index (κ2) is 9.57. The fourth-order valence-corrected chi connectivity index (χ4v) is 3.31. The van der Waals surface area contributed by atoms with Gasteiger partial charge in [-0.2, -0.15) is 10.4 Å². The highest BCUT2D eigenvalue weighted by Crippen LogP contribution is 2.26. The van der Waals surface area contributed by atoms with E-state index in [-0.39, 0.29) is 5.75 Å². The first-order chi connectivity index (χ1) is 14.1. The number of aromatic nitrogens is 2. The van der Waals surface area contributed by atoms with Gasteiger partial charge in [-0.1, -0.05) is 30.3 Å². The quantitative estimate of drug-likeness (QED) is 0.476. The van der Waals surface area contributed by atoms with Gasteiger partial charge in [-0.05, 0) is 31.2 Å². The summed E-state index contributed by atoms with van der Waals surface area (Å²) in [7, 11) is 0. The lowest BCUT2D eigenvalue weighted by atomic mass is 10.2. The van der Waals surface area contributed by atoms with Crippen molar-refractivity contribution in [1.29, 1.82) is 5.26 Å². The highest BCUT2D eigenvalue weighted by atomic mass is 32.2. The Balaban J connectivity index is 1.61. The van der Waals surface area contributed by atoms with Crippen molar-refractivity contribution in [1.82, 2.24) is 9.78 Å². The zero-order chi connectivity index (χ0) is 20.6. The fraction of sp³-hybridized carbons (Fsp3) is 0.143. The van der Waals surface area contributed by atoms with Crippen LogP contribution in [0.1, 0.15) is 16.1 Å². The summed E-state index contributed by atoms with van der Waals surface area (Å²) in [4.78, 5) is 25.4. The lowest BCUT2D eigenvalue weighted by molar-refractivity contribution is -0.119. The Kier molecular flexibility index (Phi) is 6.66. The lowest BCUT2D eigenvalue weighted by Crippen LogP contribution is -2.21. The largest absolute Gasteiger partial charge is 0.452 e. The topological polar surface area (TPSA) is 97.0 Å². The summed E-state index contributed by atoms with van der Waals surface area (Å²) in [5, 5.41) is 15.7. The number of nitrogens with zero attached hydrogens (tertiary/aromatic N) is 3. The van der Waals surface area contributed by atoms with Gasteiger partial charge in [-0.15, -0.1) is 11.8 Å². The number of amides is 1. The highest BCUT2D eigenvalue weighted by Gasteiger charge is 2.18. The van der Waals surface area contributed by atoms with Gasteiger partial charge >= 0.3 is 5.97 Å². The monoisotopic (exact) mass is 406 g/mol. The average molecular weight is 406 g/mol. The van der Waals surface area contributed by atoms with Crippen LogP contribution in [0, 0.1) is 18.3 Å². The molecule has 0 saturated heterocycles. The Morgan fingerprint density at radius 1 is 1.17 bits per heavy atom. The van der Waals surface area contributed by atoms with Crippen LogP contribution in [0.4, 0.5) is 5.69 Å². The zero-order valence-electron chi connectivity index (χ0n) is 15.7. The predicted octanol–water partition coefficient (Wildman–Crippen LogP) is 3.59. The molecule has 0 spiro atoms. The number of thioether (sulfide) groups is 1. The predicted molar refractivity (Wildman–Crippen MR) is 110 cm³/mol. The number of carbonyl (C=O) groups is 2.